The molecule has 2 N–H and O–H groups in total. The predicted molar refractivity (Wildman–Crippen MR) is 73.5 cm³/mol. The van der Waals surface area contributed by atoms with E-state index >= 15 is 0 Å². The number of hydrogen-bond acceptors (Lipinski definition) is 4. The fourth-order valence-corrected chi connectivity index (χ4v) is 1.53. The van der Waals surface area contributed by atoms with E-state index in [-0.39, 0.29) is 5.92 Å². The second-order valence-electron chi connectivity index (χ2n) is 5.25. The van der Waals surface area contributed by atoms with E-state index in [1.165, 1.54) is 7.11 Å². The van der Waals surface area contributed by atoms with E-state index in [1.807, 2.05) is 33.8 Å². The van der Waals surface area contributed by atoms with Crippen molar-refractivity contribution in [1.29, 1.82) is 0 Å². The Bertz CT molecular complexity index is 332. The largest absolute Gasteiger partial charge is 0.467 e. The van der Waals surface area contributed by atoms with E-state index in [9.17, 15) is 14.7 Å². The summed E-state index contributed by atoms with van der Waals surface area (Å²) >= 11 is 0. The number of rotatable bonds is 7. The second kappa shape index (κ2) is 8.69. The van der Waals surface area contributed by atoms with Gasteiger partial charge < -0.3 is 15.2 Å². The summed E-state index contributed by atoms with van der Waals surface area (Å²) in [5.41, 5.74) is 1.05. The van der Waals surface area contributed by atoms with Gasteiger partial charge in [-0.2, -0.15) is 0 Å². The highest BCUT2D eigenvalue weighted by Crippen LogP contribution is 2.06. The van der Waals surface area contributed by atoms with Crippen LogP contribution in [0.25, 0.3) is 0 Å². The van der Waals surface area contributed by atoms with Crippen LogP contribution in [0.1, 0.15) is 40.5 Å². The molecule has 110 valence electrons. The van der Waals surface area contributed by atoms with Crippen LogP contribution in [-0.4, -0.2) is 36.2 Å². The third-order valence-electron chi connectivity index (χ3n) is 2.56. The Morgan fingerprint density at radius 3 is 2.32 bits per heavy atom. The summed E-state index contributed by atoms with van der Waals surface area (Å²) in [6.07, 6.45) is 1.47. The van der Waals surface area contributed by atoms with Crippen LogP contribution in [0.15, 0.2) is 11.6 Å². The van der Waals surface area contributed by atoms with Crippen molar-refractivity contribution in [3.63, 3.8) is 0 Å². The van der Waals surface area contributed by atoms with Gasteiger partial charge in [0.25, 0.3) is 0 Å². The lowest BCUT2D eigenvalue weighted by molar-refractivity contribution is -0.146. The van der Waals surface area contributed by atoms with Crippen molar-refractivity contribution >= 4 is 11.9 Å². The molecule has 2 atom stereocenters. The van der Waals surface area contributed by atoms with Gasteiger partial charge in [0.2, 0.25) is 5.91 Å². The van der Waals surface area contributed by atoms with Gasteiger partial charge in [-0.05, 0) is 32.6 Å². The SMILES string of the molecule is COC(=O)[C@H](CC=C(C)C)NC(=O)[C@H](O)CC(C)C. The first kappa shape index (κ1) is 17.6. The lowest BCUT2D eigenvalue weighted by Crippen LogP contribution is -2.46. The molecule has 0 aromatic rings. The molecule has 0 saturated carbocycles. The van der Waals surface area contributed by atoms with E-state index in [0.29, 0.717) is 12.8 Å². The third-order valence-corrected chi connectivity index (χ3v) is 2.56. The number of aliphatic hydroxyl groups is 1. The number of ether oxygens (including phenoxy) is 1. The molecule has 0 aromatic carbocycles. The lowest BCUT2D eigenvalue weighted by atomic mass is 10.0. The van der Waals surface area contributed by atoms with E-state index in [0.717, 1.165) is 5.57 Å². The first-order valence-corrected chi connectivity index (χ1v) is 6.47. The van der Waals surface area contributed by atoms with Crippen molar-refractivity contribution in [2.24, 2.45) is 5.92 Å². The highest BCUT2D eigenvalue weighted by Gasteiger charge is 2.24. The van der Waals surface area contributed by atoms with Crippen LogP contribution >= 0.6 is 0 Å². The van der Waals surface area contributed by atoms with Crippen molar-refractivity contribution in [2.45, 2.75) is 52.7 Å². The Kier molecular flexibility index (Phi) is 8.07. The molecule has 0 bridgehead atoms. The average molecular weight is 271 g/mol. The summed E-state index contributed by atoms with van der Waals surface area (Å²) in [7, 11) is 1.27. The molecular formula is C14H25NO4. The summed E-state index contributed by atoms with van der Waals surface area (Å²) in [5.74, 6) is -0.844. The zero-order chi connectivity index (χ0) is 15.0. The number of amides is 1. The molecule has 0 unspecified atom stereocenters. The number of methoxy groups -OCH3 is 1. The topological polar surface area (TPSA) is 75.6 Å². The van der Waals surface area contributed by atoms with Crippen LogP contribution in [-0.2, 0) is 14.3 Å². The minimum atomic E-state index is -1.10. The quantitative estimate of drug-likeness (QED) is 0.542. The molecule has 19 heavy (non-hydrogen) atoms. The van der Waals surface area contributed by atoms with E-state index in [2.05, 4.69) is 10.1 Å². The first-order valence-electron chi connectivity index (χ1n) is 6.47. The monoisotopic (exact) mass is 271 g/mol. The number of carbonyl (C=O) groups excluding carboxylic acids is 2. The maximum Gasteiger partial charge on any atom is 0.328 e. The summed E-state index contributed by atoms with van der Waals surface area (Å²) in [6, 6.07) is -0.755. The van der Waals surface area contributed by atoms with Gasteiger partial charge in [-0.3, -0.25) is 4.79 Å². The normalized spacial score (nSPS) is 13.6. The Labute approximate surface area is 115 Å². The molecule has 0 aliphatic carbocycles. The third kappa shape index (κ3) is 7.62. The first-order chi connectivity index (χ1) is 8.77. The minimum absolute atomic E-state index is 0.204. The molecule has 0 heterocycles. The zero-order valence-corrected chi connectivity index (χ0v) is 12.4. The van der Waals surface area contributed by atoms with Crippen molar-refractivity contribution in [3.8, 4) is 0 Å². The Morgan fingerprint density at radius 1 is 1.32 bits per heavy atom. The maximum absolute atomic E-state index is 11.8. The highest BCUT2D eigenvalue weighted by atomic mass is 16.5. The summed E-state index contributed by atoms with van der Waals surface area (Å²) in [4.78, 5) is 23.3. The van der Waals surface area contributed by atoms with Crippen LogP contribution in [0.3, 0.4) is 0 Å². The van der Waals surface area contributed by atoms with Crippen molar-refractivity contribution in [3.05, 3.63) is 11.6 Å². The van der Waals surface area contributed by atoms with Gasteiger partial charge in [0, 0.05) is 0 Å². The smallest absolute Gasteiger partial charge is 0.328 e. The molecular weight excluding hydrogens is 246 g/mol. The number of nitrogens with one attached hydrogen (secondary N) is 1. The second-order valence-corrected chi connectivity index (χ2v) is 5.25. The zero-order valence-electron chi connectivity index (χ0n) is 12.4. The molecule has 0 aliphatic rings. The van der Waals surface area contributed by atoms with E-state index in [1.54, 1.807) is 0 Å². The number of hydrogen-bond donors (Lipinski definition) is 2. The molecule has 0 aliphatic heterocycles. The molecule has 0 rings (SSSR count). The minimum Gasteiger partial charge on any atom is -0.467 e. The number of aliphatic hydroxyl groups excluding tert-OH is 1. The molecule has 5 nitrogen and oxygen atoms in total. The fraction of sp³-hybridized carbons (Fsp3) is 0.714. The molecule has 0 radical (unpaired) electrons. The predicted octanol–water partition coefficient (Wildman–Crippen LogP) is 1.41. The van der Waals surface area contributed by atoms with Crippen molar-refractivity contribution < 1.29 is 19.4 Å². The van der Waals surface area contributed by atoms with Gasteiger partial charge in [0.05, 0.1) is 7.11 Å². The van der Waals surface area contributed by atoms with Crippen LogP contribution < -0.4 is 5.32 Å². The molecule has 0 fully saturated rings. The summed E-state index contributed by atoms with van der Waals surface area (Å²) in [6.45, 7) is 7.64. The Balaban J connectivity index is 4.59. The summed E-state index contributed by atoms with van der Waals surface area (Å²) < 4.78 is 4.64. The standard InChI is InChI=1S/C14H25NO4/c1-9(2)6-7-11(14(18)19-5)15-13(17)12(16)8-10(3)4/h6,10-12,16H,7-8H2,1-5H3,(H,15,17)/t11-,12+/m0/s1. The van der Waals surface area contributed by atoms with Gasteiger partial charge in [-0.15, -0.1) is 0 Å². The van der Waals surface area contributed by atoms with Gasteiger partial charge in [0.15, 0.2) is 0 Å². The van der Waals surface area contributed by atoms with Gasteiger partial charge in [-0.25, -0.2) is 4.79 Å². The lowest BCUT2D eigenvalue weighted by Gasteiger charge is -2.18. The van der Waals surface area contributed by atoms with Gasteiger partial charge in [-0.1, -0.05) is 25.5 Å². The van der Waals surface area contributed by atoms with Crippen LogP contribution in [0.4, 0.5) is 0 Å². The summed E-state index contributed by atoms with van der Waals surface area (Å²) in [5, 5.41) is 12.2. The van der Waals surface area contributed by atoms with Crippen molar-refractivity contribution in [2.75, 3.05) is 7.11 Å². The van der Waals surface area contributed by atoms with E-state index < -0.39 is 24.0 Å². The van der Waals surface area contributed by atoms with Gasteiger partial charge >= 0.3 is 5.97 Å². The number of carbonyl (C=O) groups is 2. The molecule has 1 amide bonds. The number of allylic oxidation sites excluding steroid dienone is 1. The average Bonchev–Trinajstić information content (AvgIpc) is 2.31. The van der Waals surface area contributed by atoms with Crippen LogP contribution in [0.2, 0.25) is 0 Å². The molecule has 5 heteroatoms. The Morgan fingerprint density at radius 2 is 1.89 bits per heavy atom. The van der Waals surface area contributed by atoms with Crippen molar-refractivity contribution in [1.82, 2.24) is 5.32 Å². The van der Waals surface area contributed by atoms with E-state index in [4.69, 9.17) is 0 Å². The Hall–Kier alpha value is -1.36. The maximum atomic E-state index is 11.8. The van der Waals surface area contributed by atoms with Crippen LogP contribution in [0.5, 0.6) is 0 Å². The molecule has 0 saturated heterocycles. The number of esters is 1. The molecule has 0 spiro atoms. The highest BCUT2D eigenvalue weighted by molar-refractivity contribution is 5.86. The fourth-order valence-electron chi connectivity index (χ4n) is 1.53. The van der Waals surface area contributed by atoms with Crippen LogP contribution in [0, 0.1) is 5.92 Å². The molecule has 0 aromatic heterocycles. The van der Waals surface area contributed by atoms with Gasteiger partial charge in [0.1, 0.15) is 12.1 Å².